The molecule has 21 heavy (non-hydrogen) atoms. The Labute approximate surface area is 125 Å². The van der Waals surface area contributed by atoms with E-state index in [0.29, 0.717) is 12.0 Å². The first-order chi connectivity index (χ1) is 10.1. The average molecular weight is 288 g/mol. The van der Waals surface area contributed by atoms with Crippen LogP contribution in [0.2, 0.25) is 0 Å². The van der Waals surface area contributed by atoms with Crippen molar-refractivity contribution in [3.8, 4) is 5.75 Å². The minimum atomic E-state index is -0.294. The topological polar surface area (TPSA) is 34.1 Å². The zero-order valence-corrected chi connectivity index (χ0v) is 12.9. The van der Waals surface area contributed by atoms with E-state index in [1.807, 2.05) is 33.0 Å². The first kappa shape index (κ1) is 15.4. The van der Waals surface area contributed by atoms with Crippen molar-refractivity contribution in [1.82, 2.24) is 10.3 Å². The van der Waals surface area contributed by atoms with Crippen molar-refractivity contribution in [1.29, 1.82) is 0 Å². The van der Waals surface area contributed by atoms with Gasteiger partial charge in [-0.05, 0) is 50.6 Å². The van der Waals surface area contributed by atoms with E-state index in [1.54, 1.807) is 12.1 Å². The highest BCUT2D eigenvalue weighted by Gasteiger charge is 2.17. The summed E-state index contributed by atoms with van der Waals surface area (Å²) in [6.45, 7) is 3.95. The number of likely N-dealkylation sites (N-methyl/N-ethyl adjacent to an activating group) is 1. The maximum absolute atomic E-state index is 14.3. The summed E-state index contributed by atoms with van der Waals surface area (Å²) in [6, 6.07) is 9.28. The van der Waals surface area contributed by atoms with Gasteiger partial charge in [-0.1, -0.05) is 18.2 Å². The summed E-state index contributed by atoms with van der Waals surface area (Å²) >= 11 is 0. The molecule has 1 heterocycles. The lowest BCUT2D eigenvalue weighted by molar-refractivity contribution is 0.383. The lowest BCUT2D eigenvalue weighted by Gasteiger charge is -2.19. The number of benzene rings is 1. The number of aromatic nitrogens is 1. The molecule has 0 saturated carbocycles. The third-order valence-corrected chi connectivity index (χ3v) is 3.68. The Morgan fingerprint density at radius 1 is 1.24 bits per heavy atom. The van der Waals surface area contributed by atoms with Gasteiger partial charge in [-0.2, -0.15) is 0 Å². The molecule has 0 amide bonds. The van der Waals surface area contributed by atoms with Crippen molar-refractivity contribution in [2.45, 2.75) is 26.3 Å². The highest BCUT2D eigenvalue weighted by atomic mass is 19.1. The molecule has 2 rings (SSSR count). The summed E-state index contributed by atoms with van der Waals surface area (Å²) in [6.07, 6.45) is 0.547. The Hall–Kier alpha value is -1.94. The number of ether oxygens (including phenoxy) is 1. The number of nitrogens with zero attached hydrogens (tertiary/aromatic N) is 1. The number of nitrogens with one attached hydrogen (secondary N) is 1. The molecule has 1 unspecified atom stereocenters. The minimum Gasteiger partial charge on any atom is -0.494 e. The molecular formula is C17H21FN2O. The minimum absolute atomic E-state index is 0.0136. The second kappa shape index (κ2) is 6.68. The summed E-state index contributed by atoms with van der Waals surface area (Å²) in [7, 11) is 3.35. The molecule has 0 spiro atoms. The molecule has 4 heteroatoms. The molecule has 1 aromatic carbocycles. The van der Waals surface area contributed by atoms with Gasteiger partial charge < -0.3 is 10.1 Å². The van der Waals surface area contributed by atoms with Gasteiger partial charge in [-0.15, -0.1) is 0 Å². The van der Waals surface area contributed by atoms with Gasteiger partial charge >= 0.3 is 0 Å². The molecule has 1 aromatic heterocycles. The number of halogens is 1. The van der Waals surface area contributed by atoms with Crippen molar-refractivity contribution >= 4 is 0 Å². The monoisotopic (exact) mass is 288 g/mol. The predicted molar refractivity (Wildman–Crippen MR) is 82.2 cm³/mol. The maximum Gasteiger partial charge on any atom is 0.168 e. The van der Waals surface area contributed by atoms with E-state index < -0.39 is 0 Å². The summed E-state index contributed by atoms with van der Waals surface area (Å²) in [5, 5.41) is 3.24. The number of hydrogen-bond donors (Lipinski definition) is 1. The Morgan fingerprint density at radius 2 is 2.00 bits per heavy atom. The van der Waals surface area contributed by atoms with Crippen LogP contribution in [0.3, 0.4) is 0 Å². The molecule has 0 aliphatic heterocycles. The lowest BCUT2D eigenvalue weighted by Crippen LogP contribution is -2.21. The highest BCUT2D eigenvalue weighted by Crippen LogP contribution is 2.26. The summed E-state index contributed by atoms with van der Waals surface area (Å²) in [4.78, 5) is 4.48. The molecule has 0 saturated heterocycles. The zero-order chi connectivity index (χ0) is 15.4. The van der Waals surface area contributed by atoms with Crippen molar-refractivity contribution in [2.75, 3.05) is 14.2 Å². The van der Waals surface area contributed by atoms with Gasteiger partial charge in [0.15, 0.2) is 11.6 Å². The van der Waals surface area contributed by atoms with E-state index in [2.05, 4.69) is 16.4 Å². The van der Waals surface area contributed by atoms with Gasteiger partial charge in [0.1, 0.15) is 0 Å². The summed E-state index contributed by atoms with van der Waals surface area (Å²) in [5.74, 6) is -0.0147. The van der Waals surface area contributed by atoms with Gasteiger partial charge in [-0.3, -0.25) is 4.98 Å². The molecule has 2 aromatic rings. The number of pyridine rings is 1. The number of methoxy groups -OCH3 is 1. The third-order valence-electron chi connectivity index (χ3n) is 3.68. The maximum atomic E-state index is 14.3. The average Bonchev–Trinajstić information content (AvgIpc) is 2.47. The fourth-order valence-corrected chi connectivity index (χ4v) is 2.52. The fraction of sp³-hybridized carbons (Fsp3) is 0.353. The van der Waals surface area contributed by atoms with Crippen molar-refractivity contribution in [3.05, 3.63) is 58.7 Å². The zero-order valence-electron chi connectivity index (χ0n) is 12.9. The smallest absolute Gasteiger partial charge is 0.168 e. The SMILES string of the molecule is CNC(Cc1cccc(OC)c1F)c1ccc(C)nc1C. The van der Waals surface area contributed by atoms with Crippen molar-refractivity contribution < 1.29 is 9.13 Å². The van der Waals surface area contributed by atoms with E-state index in [1.165, 1.54) is 7.11 Å². The first-order valence-electron chi connectivity index (χ1n) is 6.99. The largest absolute Gasteiger partial charge is 0.494 e. The second-order valence-corrected chi connectivity index (χ2v) is 5.11. The molecule has 112 valence electrons. The van der Waals surface area contributed by atoms with Crippen molar-refractivity contribution in [3.63, 3.8) is 0 Å². The van der Waals surface area contributed by atoms with E-state index in [0.717, 1.165) is 17.0 Å². The first-order valence-corrected chi connectivity index (χ1v) is 6.99. The fourth-order valence-electron chi connectivity index (χ4n) is 2.52. The summed E-state index contributed by atoms with van der Waals surface area (Å²) < 4.78 is 19.3. The van der Waals surface area contributed by atoms with E-state index in [-0.39, 0.29) is 17.6 Å². The molecular weight excluding hydrogens is 267 g/mol. The van der Waals surface area contributed by atoms with Crippen LogP contribution in [-0.4, -0.2) is 19.1 Å². The number of aryl methyl sites for hydroxylation is 2. The molecule has 3 nitrogen and oxygen atoms in total. The second-order valence-electron chi connectivity index (χ2n) is 5.11. The Kier molecular flexibility index (Phi) is 4.91. The number of rotatable bonds is 5. The predicted octanol–water partition coefficient (Wildman–Crippen LogP) is 3.35. The van der Waals surface area contributed by atoms with Gasteiger partial charge in [0.2, 0.25) is 0 Å². The Balaban J connectivity index is 2.31. The van der Waals surface area contributed by atoms with Crippen LogP contribution in [0.4, 0.5) is 4.39 Å². The molecule has 0 fully saturated rings. The van der Waals surface area contributed by atoms with Crippen LogP contribution in [0.25, 0.3) is 0 Å². The molecule has 1 N–H and O–H groups in total. The number of hydrogen-bond acceptors (Lipinski definition) is 3. The lowest BCUT2D eigenvalue weighted by atomic mass is 9.97. The van der Waals surface area contributed by atoms with Gasteiger partial charge in [0.25, 0.3) is 0 Å². The van der Waals surface area contributed by atoms with Crippen LogP contribution in [0.5, 0.6) is 5.75 Å². The van der Waals surface area contributed by atoms with E-state index >= 15 is 0 Å². The standard InChI is InChI=1S/C17H21FN2O/c1-11-8-9-14(12(2)20-11)15(19-3)10-13-6-5-7-16(21-4)17(13)18/h5-9,15,19H,10H2,1-4H3. The normalized spacial score (nSPS) is 12.2. The van der Waals surface area contributed by atoms with E-state index in [4.69, 9.17) is 4.74 Å². The quantitative estimate of drug-likeness (QED) is 0.916. The van der Waals surface area contributed by atoms with Crippen LogP contribution in [-0.2, 0) is 6.42 Å². The molecule has 1 atom stereocenters. The summed E-state index contributed by atoms with van der Waals surface area (Å²) in [5.41, 5.74) is 3.68. The molecule has 0 bridgehead atoms. The van der Waals surface area contributed by atoms with Gasteiger partial charge in [0.05, 0.1) is 7.11 Å². The van der Waals surface area contributed by atoms with Gasteiger partial charge in [0, 0.05) is 17.4 Å². The molecule has 0 aliphatic carbocycles. The molecule has 0 aliphatic rings. The molecule has 0 radical (unpaired) electrons. The Bertz CT molecular complexity index is 628. The highest BCUT2D eigenvalue weighted by molar-refractivity contribution is 5.33. The Morgan fingerprint density at radius 3 is 2.62 bits per heavy atom. The van der Waals surface area contributed by atoms with Crippen LogP contribution in [0.1, 0.15) is 28.6 Å². The van der Waals surface area contributed by atoms with Crippen LogP contribution >= 0.6 is 0 Å². The van der Waals surface area contributed by atoms with Crippen LogP contribution in [0.15, 0.2) is 30.3 Å². The van der Waals surface area contributed by atoms with E-state index in [9.17, 15) is 4.39 Å². The van der Waals surface area contributed by atoms with Crippen molar-refractivity contribution in [2.24, 2.45) is 0 Å². The van der Waals surface area contributed by atoms with Gasteiger partial charge in [-0.25, -0.2) is 4.39 Å². The van der Waals surface area contributed by atoms with Crippen LogP contribution < -0.4 is 10.1 Å². The van der Waals surface area contributed by atoms with Crippen LogP contribution in [0, 0.1) is 19.7 Å². The third kappa shape index (κ3) is 3.39.